The van der Waals surface area contributed by atoms with E-state index in [9.17, 15) is 13.2 Å². The third-order valence-electron chi connectivity index (χ3n) is 4.00. The number of nitrogens with two attached hydrogens (primary N) is 1. The highest BCUT2D eigenvalue weighted by atomic mass is 35.5. The number of primary amides is 1. The van der Waals surface area contributed by atoms with Gasteiger partial charge in [0, 0.05) is 25.8 Å². The third-order valence-corrected chi connectivity index (χ3v) is 5.92. The molecule has 0 bridgehead atoms. The molecule has 1 fully saturated rings. The SMILES string of the molecule is CCCN(C1CCNCC1)S(=O)(=O)c1cc(C(N)=O)n(C)c1.Cl. The molecular formula is C14H25ClN4O3S. The Morgan fingerprint density at radius 2 is 2.04 bits per heavy atom. The molecule has 1 amide bonds. The molecule has 7 nitrogen and oxygen atoms in total. The molecule has 2 heterocycles. The summed E-state index contributed by atoms with van der Waals surface area (Å²) >= 11 is 0. The number of aromatic nitrogens is 1. The number of rotatable bonds is 6. The number of nitrogens with one attached hydrogen (secondary N) is 1. The minimum Gasteiger partial charge on any atom is -0.364 e. The number of amides is 1. The van der Waals surface area contributed by atoms with E-state index in [4.69, 9.17) is 5.73 Å². The summed E-state index contributed by atoms with van der Waals surface area (Å²) in [5, 5.41) is 3.24. The molecule has 1 saturated heterocycles. The molecule has 3 N–H and O–H groups in total. The first-order valence-electron chi connectivity index (χ1n) is 7.56. The Morgan fingerprint density at radius 3 is 2.52 bits per heavy atom. The number of halogens is 1. The summed E-state index contributed by atoms with van der Waals surface area (Å²) in [6, 6.07) is 1.37. The van der Waals surface area contributed by atoms with Crippen LogP contribution in [0.25, 0.3) is 0 Å². The molecule has 0 atom stereocenters. The van der Waals surface area contributed by atoms with Gasteiger partial charge >= 0.3 is 0 Å². The molecule has 23 heavy (non-hydrogen) atoms. The van der Waals surface area contributed by atoms with Crippen LogP contribution >= 0.6 is 12.4 Å². The van der Waals surface area contributed by atoms with E-state index in [1.165, 1.54) is 16.8 Å². The lowest BCUT2D eigenvalue weighted by Gasteiger charge is -2.33. The van der Waals surface area contributed by atoms with E-state index in [1.54, 1.807) is 11.4 Å². The molecule has 1 aliphatic rings. The largest absolute Gasteiger partial charge is 0.364 e. The third kappa shape index (κ3) is 4.26. The van der Waals surface area contributed by atoms with Crippen molar-refractivity contribution >= 4 is 28.3 Å². The second kappa shape index (κ2) is 8.14. The highest BCUT2D eigenvalue weighted by Gasteiger charge is 2.33. The molecule has 0 radical (unpaired) electrons. The van der Waals surface area contributed by atoms with Crippen LogP contribution < -0.4 is 11.1 Å². The fourth-order valence-corrected chi connectivity index (χ4v) is 4.72. The molecule has 0 saturated carbocycles. The summed E-state index contributed by atoms with van der Waals surface area (Å²) in [7, 11) is -2.00. The van der Waals surface area contributed by atoms with Gasteiger partial charge in [-0.15, -0.1) is 12.4 Å². The first-order valence-corrected chi connectivity index (χ1v) is 9.00. The number of nitrogens with zero attached hydrogens (tertiary/aromatic N) is 2. The maximum Gasteiger partial charge on any atom is 0.265 e. The topological polar surface area (TPSA) is 97.4 Å². The molecule has 0 aromatic carbocycles. The average molecular weight is 365 g/mol. The second-order valence-corrected chi connectivity index (χ2v) is 7.52. The molecule has 0 aliphatic carbocycles. The number of carbonyl (C=O) groups excluding carboxylic acids is 1. The van der Waals surface area contributed by atoms with Gasteiger partial charge in [0.1, 0.15) is 10.6 Å². The first-order chi connectivity index (χ1) is 10.4. The minimum atomic E-state index is -3.62. The Labute approximate surface area is 143 Å². The van der Waals surface area contributed by atoms with Crippen LogP contribution in [0.5, 0.6) is 0 Å². The lowest BCUT2D eigenvalue weighted by atomic mass is 10.1. The summed E-state index contributed by atoms with van der Waals surface area (Å²) in [5.41, 5.74) is 5.47. The average Bonchev–Trinajstić information content (AvgIpc) is 2.88. The number of carbonyl (C=O) groups is 1. The molecule has 1 aromatic heterocycles. The zero-order valence-corrected chi connectivity index (χ0v) is 15.1. The smallest absolute Gasteiger partial charge is 0.265 e. The van der Waals surface area contributed by atoms with Gasteiger partial charge in [-0.25, -0.2) is 8.42 Å². The van der Waals surface area contributed by atoms with Gasteiger partial charge < -0.3 is 15.6 Å². The van der Waals surface area contributed by atoms with Crippen molar-refractivity contribution in [2.24, 2.45) is 12.8 Å². The van der Waals surface area contributed by atoms with E-state index < -0.39 is 15.9 Å². The number of hydrogen-bond acceptors (Lipinski definition) is 4. The zero-order valence-electron chi connectivity index (χ0n) is 13.5. The summed E-state index contributed by atoms with van der Waals surface area (Å²) in [4.78, 5) is 11.5. The molecule has 2 rings (SSSR count). The Hall–Kier alpha value is -1.09. The first kappa shape index (κ1) is 20.0. The highest BCUT2D eigenvalue weighted by Crippen LogP contribution is 2.24. The number of hydrogen-bond donors (Lipinski definition) is 2. The van der Waals surface area contributed by atoms with E-state index in [0.29, 0.717) is 6.54 Å². The summed E-state index contributed by atoms with van der Waals surface area (Å²) in [6.45, 7) is 4.08. The predicted octanol–water partition coefficient (Wildman–Crippen LogP) is 0.699. The molecule has 0 unspecified atom stereocenters. The summed E-state index contributed by atoms with van der Waals surface area (Å²) in [6.07, 6.45) is 3.81. The van der Waals surface area contributed by atoms with Gasteiger partial charge in [-0.2, -0.15) is 4.31 Å². The van der Waals surface area contributed by atoms with E-state index in [2.05, 4.69) is 5.32 Å². The van der Waals surface area contributed by atoms with Crippen LogP contribution in [0.1, 0.15) is 36.7 Å². The molecule has 1 aromatic rings. The van der Waals surface area contributed by atoms with Crippen LogP contribution in [0, 0.1) is 0 Å². The van der Waals surface area contributed by atoms with Crippen LogP contribution in [0.4, 0.5) is 0 Å². The fourth-order valence-electron chi connectivity index (χ4n) is 2.87. The van der Waals surface area contributed by atoms with Crippen LogP contribution in [0.2, 0.25) is 0 Å². The number of sulfonamides is 1. The van der Waals surface area contributed by atoms with Gasteiger partial charge in [-0.3, -0.25) is 4.79 Å². The second-order valence-electron chi connectivity index (χ2n) is 5.63. The Bertz CT molecular complexity index is 638. The Balaban J connectivity index is 0.00000264. The number of aryl methyl sites for hydroxylation is 1. The van der Waals surface area contributed by atoms with Crippen LogP contribution in [-0.2, 0) is 17.1 Å². The normalized spacial score (nSPS) is 16.3. The quantitative estimate of drug-likeness (QED) is 0.776. The van der Waals surface area contributed by atoms with Crippen molar-refractivity contribution in [1.29, 1.82) is 0 Å². The number of piperidine rings is 1. The van der Waals surface area contributed by atoms with Gasteiger partial charge in [0.15, 0.2) is 0 Å². The van der Waals surface area contributed by atoms with Crippen LogP contribution in [0.3, 0.4) is 0 Å². The van der Waals surface area contributed by atoms with Crippen molar-refractivity contribution in [3.63, 3.8) is 0 Å². The van der Waals surface area contributed by atoms with E-state index >= 15 is 0 Å². The lowest BCUT2D eigenvalue weighted by molar-refractivity contribution is 0.0992. The predicted molar refractivity (Wildman–Crippen MR) is 91.3 cm³/mol. The van der Waals surface area contributed by atoms with E-state index in [0.717, 1.165) is 32.4 Å². The van der Waals surface area contributed by atoms with Crippen LogP contribution in [0.15, 0.2) is 17.2 Å². The van der Waals surface area contributed by atoms with E-state index in [1.807, 2.05) is 6.92 Å². The van der Waals surface area contributed by atoms with Crippen LogP contribution in [-0.4, -0.2) is 48.9 Å². The maximum atomic E-state index is 12.9. The van der Waals surface area contributed by atoms with Gasteiger partial charge in [-0.05, 0) is 38.4 Å². The van der Waals surface area contributed by atoms with Crippen molar-refractivity contribution in [1.82, 2.24) is 14.2 Å². The highest BCUT2D eigenvalue weighted by molar-refractivity contribution is 7.89. The zero-order chi connectivity index (χ0) is 16.3. The van der Waals surface area contributed by atoms with Gasteiger partial charge in [0.2, 0.25) is 10.0 Å². The van der Waals surface area contributed by atoms with Gasteiger partial charge in [-0.1, -0.05) is 6.92 Å². The van der Waals surface area contributed by atoms with Crippen molar-refractivity contribution in [3.8, 4) is 0 Å². The van der Waals surface area contributed by atoms with Crippen molar-refractivity contribution in [3.05, 3.63) is 18.0 Å². The Kier molecular flexibility index (Phi) is 7.06. The molecule has 1 aliphatic heterocycles. The molecule has 9 heteroatoms. The minimum absolute atomic E-state index is 0. The standard InChI is InChI=1S/C14H24N4O3S.ClH/c1-3-8-18(11-4-6-16-7-5-11)22(20,21)12-9-13(14(15)19)17(2)10-12;/h9-11,16H,3-8H2,1-2H3,(H2,15,19);1H. The summed E-state index contributed by atoms with van der Waals surface area (Å²) < 4.78 is 28.9. The summed E-state index contributed by atoms with van der Waals surface area (Å²) in [5.74, 6) is -0.632. The van der Waals surface area contributed by atoms with Crippen molar-refractivity contribution in [2.75, 3.05) is 19.6 Å². The van der Waals surface area contributed by atoms with Gasteiger partial charge in [0.05, 0.1) is 0 Å². The van der Waals surface area contributed by atoms with E-state index in [-0.39, 0.29) is 29.0 Å². The fraction of sp³-hybridized carbons (Fsp3) is 0.643. The van der Waals surface area contributed by atoms with Gasteiger partial charge in [0.25, 0.3) is 5.91 Å². The monoisotopic (exact) mass is 364 g/mol. The lowest BCUT2D eigenvalue weighted by Crippen LogP contribution is -2.46. The molecule has 132 valence electrons. The molecular weight excluding hydrogens is 340 g/mol. The molecule has 0 spiro atoms. The van der Waals surface area contributed by atoms with Crippen molar-refractivity contribution in [2.45, 2.75) is 37.1 Å². The Morgan fingerprint density at radius 1 is 1.43 bits per heavy atom. The van der Waals surface area contributed by atoms with Crippen molar-refractivity contribution < 1.29 is 13.2 Å². The maximum absolute atomic E-state index is 12.9.